The molecule has 15 heavy (non-hydrogen) atoms. The Labute approximate surface area is 94.3 Å². The van der Waals surface area contributed by atoms with Gasteiger partial charge in [-0.3, -0.25) is 0 Å². The van der Waals surface area contributed by atoms with E-state index in [4.69, 9.17) is 0 Å². The second-order valence-corrected chi connectivity index (χ2v) is 5.46. The number of fused-ring (bicyclic) bond motifs is 1. The molecule has 1 aromatic carbocycles. The van der Waals surface area contributed by atoms with Crippen LogP contribution in [-0.4, -0.2) is 22.6 Å². The van der Waals surface area contributed by atoms with Crippen molar-refractivity contribution in [1.29, 1.82) is 0 Å². The van der Waals surface area contributed by atoms with Crippen LogP contribution in [0.4, 0.5) is 0 Å². The maximum Gasteiger partial charge on any atom is 0.0762 e. The molecule has 82 valence electrons. The van der Waals surface area contributed by atoms with Crippen LogP contribution in [0.15, 0.2) is 23.1 Å². The fourth-order valence-electron chi connectivity index (χ4n) is 1.85. The molecule has 1 heterocycles. The Morgan fingerprint density at radius 1 is 1.53 bits per heavy atom. The van der Waals surface area contributed by atoms with E-state index in [-0.39, 0.29) is 12.0 Å². The molecule has 0 spiro atoms. The lowest BCUT2D eigenvalue weighted by atomic mass is 9.84. The van der Waals surface area contributed by atoms with Crippen molar-refractivity contribution in [3.63, 3.8) is 0 Å². The highest BCUT2D eigenvalue weighted by Gasteiger charge is 2.34. The van der Waals surface area contributed by atoms with Crippen LogP contribution in [0.5, 0.6) is 0 Å². The highest BCUT2D eigenvalue weighted by molar-refractivity contribution is 7.99. The Hall–Kier alpha value is -0.510. The highest BCUT2D eigenvalue weighted by atomic mass is 32.2. The minimum absolute atomic E-state index is 0.148. The van der Waals surface area contributed by atoms with Crippen LogP contribution in [0.1, 0.15) is 31.1 Å². The summed E-state index contributed by atoms with van der Waals surface area (Å²) in [6.07, 6.45) is -0.441. The quantitative estimate of drug-likeness (QED) is 0.808. The third-order valence-corrected chi connectivity index (χ3v) is 4.48. The molecule has 0 aliphatic carbocycles. The van der Waals surface area contributed by atoms with Gasteiger partial charge in [0.05, 0.1) is 12.7 Å². The lowest BCUT2D eigenvalue weighted by Gasteiger charge is -2.22. The first-order valence-corrected chi connectivity index (χ1v) is 6.11. The second kappa shape index (κ2) is 3.81. The molecule has 2 rings (SSSR count). The van der Waals surface area contributed by atoms with Crippen molar-refractivity contribution >= 4 is 11.8 Å². The molecule has 2 N–H and O–H groups in total. The molecule has 1 aromatic rings. The van der Waals surface area contributed by atoms with Gasteiger partial charge in [0.2, 0.25) is 0 Å². The van der Waals surface area contributed by atoms with Crippen molar-refractivity contribution in [1.82, 2.24) is 0 Å². The molecule has 1 aliphatic rings. The average Bonchev–Trinajstić information content (AvgIpc) is 2.57. The number of aliphatic hydroxyl groups is 2. The molecule has 3 heteroatoms. The van der Waals surface area contributed by atoms with Crippen LogP contribution in [0.2, 0.25) is 0 Å². The van der Waals surface area contributed by atoms with Crippen LogP contribution in [0, 0.1) is 0 Å². The van der Waals surface area contributed by atoms with Gasteiger partial charge in [0.25, 0.3) is 0 Å². The number of hydrogen-bond acceptors (Lipinski definition) is 3. The zero-order valence-electron chi connectivity index (χ0n) is 9.03. The van der Waals surface area contributed by atoms with Gasteiger partial charge in [-0.15, -0.1) is 11.8 Å². The van der Waals surface area contributed by atoms with Crippen molar-refractivity contribution in [2.45, 2.75) is 30.3 Å². The Kier molecular flexibility index (Phi) is 2.79. The van der Waals surface area contributed by atoms with Gasteiger partial charge in [0.1, 0.15) is 0 Å². The molecule has 0 fully saturated rings. The van der Waals surface area contributed by atoms with Gasteiger partial charge in [0.15, 0.2) is 0 Å². The predicted molar refractivity (Wildman–Crippen MR) is 62.2 cm³/mol. The summed E-state index contributed by atoms with van der Waals surface area (Å²) in [5, 5.41) is 19.0. The third-order valence-electron chi connectivity index (χ3n) is 3.03. The largest absolute Gasteiger partial charge is 0.395 e. The Morgan fingerprint density at radius 3 is 2.87 bits per heavy atom. The molecule has 0 aromatic heterocycles. The fourth-order valence-corrected chi connectivity index (χ4v) is 3.20. The van der Waals surface area contributed by atoms with Crippen molar-refractivity contribution in [2.75, 3.05) is 12.4 Å². The lowest BCUT2D eigenvalue weighted by molar-refractivity contribution is 0.198. The van der Waals surface area contributed by atoms with Gasteiger partial charge in [-0.05, 0) is 24.1 Å². The second-order valence-electron chi connectivity index (χ2n) is 4.44. The molecule has 0 radical (unpaired) electrons. The zero-order valence-corrected chi connectivity index (χ0v) is 9.84. The van der Waals surface area contributed by atoms with Gasteiger partial charge in [-0.1, -0.05) is 19.1 Å². The molecule has 0 saturated carbocycles. The Morgan fingerprint density at radius 2 is 2.27 bits per heavy atom. The molecular weight excluding hydrogens is 208 g/mol. The van der Waals surface area contributed by atoms with E-state index in [1.165, 1.54) is 10.5 Å². The first kappa shape index (κ1) is 11.0. The summed E-state index contributed by atoms with van der Waals surface area (Å²) >= 11 is 1.78. The number of thioether (sulfide) groups is 1. The van der Waals surface area contributed by atoms with E-state index in [2.05, 4.69) is 6.92 Å². The predicted octanol–water partition coefficient (Wildman–Crippen LogP) is 2.10. The monoisotopic (exact) mass is 224 g/mol. The molecule has 1 aliphatic heterocycles. The van der Waals surface area contributed by atoms with Gasteiger partial charge in [-0.25, -0.2) is 0 Å². The first-order chi connectivity index (χ1) is 7.07. The molecule has 2 nitrogen and oxygen atoms in total. The first-order valence-electron chi connectivity index (χ1n) is 5.13. The van der Waals surface area contributed by atoms with Crippen LogP contribution < -0.4 is 0 Å². The number of rotatable bonds is 2. The smallest absolute Gasteiger partial charge is 0.0762 e. The summed E-state index contributed by atoms with van der Waals surface area (Å²) in [4.78, 5) is 1.23. The van der Waals surface area contributed by atoms with Crippen molar-refractivity contribution < 1.29 is 10.2 Å². The summed E-state index contributed by atoms with van der Waals surface area (Å²) in [6, 6.07) is 6.03. The van der Waals surface area contributed by atoms with Crippen LogP contribution in [0.25, 0.3) is 0 Å². The summed E-state index contributed by atoms with van der Waals surface area (Å²) in [7, 11) is 0. The Balaban J connectivity index is 2.47. The SMILES string of the molecule is CC(O)c1ccc2c(c1)C(C)(CO)CS2. The summed E-state index contributed by atoms with van der Waals surface area (Å²) in [6.45, 7) is 3.99. The number of aliphatic hydroxyl groups excluding tert-OH is 2. The lowest BCUT2D eigenvalue weighted by Crippen LogP contribution is -2.26. The average molecular weight is 224 g/mol. The van der Waals surface area contributed by atoms with E-state index in [1.54, 1.807) is 18.7 Å². The fraction of sp³-hybridized carbons (Fsp3) is 0.500. The van der Waals surface area contributed by atoms with Crippen molar-refractivity contribution in [3.8, 4) is 0 Å². The maximum atomic E-state index is 9.53. The van der Waals surface area contributed by atoms with Gasteiger partial charge < -0.3 is 10.2 Å². The van der Waals surface area contributed by atoms with Gasteiger partial charge in [-0.2, -0.15) is 0 Å². The topological polar surface area (TPSA) is 40.5 Å². The van der Waals surface area contributed by atoms with Crippen LogP contribution in [-0.2, 0) is 5.41 Å². The van der Waals surface area contributed by atoms with Crippen LogP contribution in [0.3, 0.4) is 0 Å². The van der Waals surface area contributed by atoms with E-state index in [0.29, 0.717) is 0 Å². The maximum absolute atomic E-state index is 9.53. The van der Waals surface area contributed by atoms with Gasteiger partial charge >= 0.3 is 0 Å². The highest BCUT2D eigenvalue weighted by Crippen LogP contribution is 2.44. The van der Waals surface area contributed by atoms with E-state index in [0.717, 1.165) is 11.3 Å². The molecule has 2 atom stereocenters. The van der Waals surface area contributed by atoms with E-state index in [1.807, 2.05) is 18.2 Å². The Bertz CT molecular complexity index is 376. The van der Waals surface area contributed by atoms with Crippen molar-refractivity contribution in [3.05, 3.63) is 29.3 Å². The number of benzene rings is 1. The molecular formula is C12H16O2S. The number of hydrogen-bond donors (Lipinski definition) is 2. The molecule has 0 saturated heterocycles. The van der Waals surface area contributed by atoms with E-state index in [9.17, 15) is 10.2 Å². The van der Waals surface area contributed by atoms with E-state index >= 15 is 0 Å². The summed E-state index contributed by atoms with van der Waals surface area (Å²) < 4.78 is 0. The standard InChI is InChI=1S/C12H16O2S/c1-8(14)9-3-4-11-10(5-9)12(2,6-13)7-15-11/h3-5,8,13-14H,6-7H2,1-2H3. The zero-order chi connectivity index (χ0) is 11.1. The molecule has 2 unspecified atom stereocenters. The van der Waals surface area contributed by atoms with Crippen LogP contribution >= 0.6 is 11.8 Å². The molecule has 0 bridgehead atoms. The summed E-state index contributed by atoms with van der Waals surface area (Å²) in [5.41, 5.74) is 1.95. The normalized spacial score (nSPS) is 26.4. The van der Waals surface area contributed by atoms with Crippen molar-refractivity contribution in [2.24, 2.45) is 0 Å². The molecule has 0 amide bonds. The van der Waals surface area contributed by atoms with Gasteiger partial charge in [0, 0.05) is 16.1 Å². The third kappa shape index (κ3) is 1.80. The minimum atomic E-state index is -0.441. The van der Waals surface area contributed by atoms with E-state index < -0.39 is 6.10 Å². The minimum Gasteiger partial charge on any atom is -0.395 e. The summed E-state index contributed by atoms with van der Waals surface area (Å²) in [5.74, 6) is 0.919.